The van der Waals surface area contributed by atoms with E-state index in [1.165, 1.54) is 4.90 Å². The number of nitrogens with zero attached hydrogens (tertiary/aromatic N) is 6. The largest absolute Gasteiger partial charge is 0.349 e. The molecule has 1 fully saturated rings. The number of fused-ring (bicyclic) bond motifs is 1. The normalized spacial score (nSPS) is 19.6. The van der Waals surface area contributed by atoms with Crippen LogP contribution < -0.4 is 15.5 Å². The van der Waals surface area contributed by atoms with Gasteiger partial charge in [0, 0.05) is 43.2 Å². The molecule has 0 saturated carbocycles. The number of nitrogens with one attached hydrogen (secondary N) is 2. The second-order valence-corrected chi connectivity index (χ2v) is 8.44. The first kappa shape index (κ1) is 22.6. The summed E-state index contributed by atoms with van der Waals surface area (Å²) in [6.45, 7) is 2.64. The van der Waals surface area contributed by atoms with Gasteiger partial charge in [-0.15, -0.1) is 0 Å². The molecule has 2 aliphatic rings. The summed E-state index contributed by atoms with van der Waals surface area (Å²) in [5.74, 6) is -4.09. The topological polar surface area (TPSA) is 108 Å². The van der Waals surface area contributed by atoms with E-state index in [1.807, 2.05) is 0 Å². The van der Waals surface area contributed by atoms with Gasteiger partial charge in [0.2, 0.25) is 11.9 Å². The van der Waals surface area contributed by atoms with Crippen LogP contribution in [0.1, 0.15) is 19.0 Å². The quantitative estimate of drug-likeness (QED) is 0.549. The molecule has 1 saturated heterocycles. The highest BCUT2D eigenvalue weighted by atomic mass is 19.2. The summed E-state index contributed by atoms with van der Waals surface area (Å²) in [6.07, 6.45) is 5.04. The Hall–Kier alpha value is -4.16. The SMILES string of the molecule is C[C@H]1Cn2ncc(N3CC(Nc4ncccn4)CC3=O)c2CN1C(=O)Nc1cc(F)c(F)c(F)c1. The smallest absolute Gasteiger partial charge is 0.322 e. The van der Waals surface area contributed by atoms with Crippen molar-refractivity contribution in [3.05, 3.63) is 59.9 Å². The number of anilines is 3. The number of halogens is 3. The molecule has 2 N–H and O–H groups in total. The van der Waals surface area contributed by atoms with Gasteiger partial charge < -0.3 is 20.4 Å². The molecule has 0 bridgehead atoms. The van der Waals surface area contributed by atoms with Gasteiger partial charge >= 0.3 is 6.03 Å². The first-order valence-corrected chi connectivity index (χ1v) is 10.9. The Morgan fingerprint density at radius 2 is 1.83 bits per heavy atom. The lowest BCUT2D eigenvalue weighted by Crippen LogP contribution is -2.47. The van der Waals surface area contributed by atoms with Crippen LogP contribution in [0.3, 0.4) is 0 Å². The highest BCUT2D eigenvalue weighted by Gasteiger charge is 2.36. The van der Waals surface area contributed by atoms with Gasteiger partial charge in [0.25, 0.3) is 0 Å². The Morgan fingerprint density at radius 1 is 1.11 bits per heavy atom. The highest BCUT2D eigenvalue weighted by molar-refractivity contribution is 5.97. The summed E-state index contributed by atoms with van der Waals surface area (Å²) in [4.78, 5) is 37.0. The molecule has 0 aliphatic carbocycles. The van der Waals surface area contributed by atoms with Crippen LogP contribution in [0.5, 0.6) is 0 Å². The molecule has 13 heteroatoms. The van der Waals surface area contributed by atoms with E-state index in [1.54, 1.807) is 41.2 Å². The molecular formula is C22H21F3N8O2. The zero-order chi connectivity index (χ0) is 24.7. The van der Waals surface area contributed by atoms with E-state index in [4.69, 9.17) is 0 Å². The Morgan fingerprint density at radius 3 is 2.54 bits per heavy atom. The third-order valence-electron chi connectivity index (χ3n) is 6.03. The first-order chi connectivity index (χ1) is 16.8. The zero-order valence-electron chi connectivity index (χ0n) is 18.6. The maximum atomic E-state index is 13.6. The summed E-state index contributed by atoms with van der Waals surface area (Å²) in [7, 11) is 0. The molecule has 1 unspecified atom stereocenters. The molecule has 182 valence electrons. The number of carbonyl (C=O) groups excluding carboxylic acids is 2. The van der Waals surface area contributed by atoms with Gasteiger partial charge in [-0.3, -0.25) is 9.48 Å². The van der Waals surface area contributed by atoms with Crippen LogP contribution in [0.25, 0.3) is 0 Å². The van der Waals surface area contributed by atoms with Crippen molar-refractivity contribution in [2.24, 2.45) is 0 Å². The van der Waals surface area contributed by atoms with Crippen LogP contribution in [0.2, 0.25) is 0 Å². The molecule has 5 rings (SSSR count). The van der Waals surface area contributed by atoms with Crippen LogP contribution in [-0.2, 0) is 17.9 Å². The molecule has 0 radical (unpaired) electrons. The number of urea groups is 1. The number of amides is 3. The molecule has 2 aromatic heterocycles. The summed E-state index contributed by atoms with van der Waals surface area (Å²) < 4.78 is 42.1. The molecule has 35 heavy (non-hydrogen) atoms. The van der Waals surface area contributed by atoms with Crippen molar-refractivity contribution < 1.29 is 22.8 Å². The number of hydrogen-bond donors (Lipinski definition) is 2. The fraction of sp³-hybridized carbons (Fsp3) is 0.318. The van der Waals surface area contributed by atoms with E-state index >= 15 is 0 Å². The second kappa shape index (κ2) is 8.89. The van der Waals surface area contributed by atoms with Crippen molar-refractivity contribution in [2.75, 3.05) is 22.1 Å². The number of hydrogen-bond acceptors (Lipinski definition) is 6. The minimum atomic E-state index is -1.61. The number of rotatable bonds is 4. The maximum Gasteiger partial charge on any atom is 0.322 e. The van der Waals surface area contributed by atoms with E-state index in [0.29, 0.717) is 42.6 Å². The number of benzene rings is 1. The van der Waals surface area contributed by atoms with Crippen molar-refractivity contribution in [3.63, 3.8) is 0 Å². The van der Waals surface area contributed by atoms with Gasteiger partial charge in [0.05, 0.1) is 42.8 Å². The van der Waals surface area contributed by atoms with Crippen LogP contribution >= 0.6 is 0 Å². The van der Waals surface area contributed by atoms with Crippen LogP contribution in [0, 0.1) is 17.5 Å². The van der Waals surface area contributed by atoms with Gasteiger partial charge in [-0.2, -0.15) is 5.10 Å². The van der Waals surface area contributed by atoms with Gasteiger partial charge in [-0.05, 0) is 13.0 Å². The third kappa shape index (κ3) is 4.36. The van der Waals surface area contributed by atoms with Crippen molar-refractivity contribution in [1.29, 1.82) is 0 Å². The van der Waals surface area contributed by atoms with Crippen molar-refractivity contribution >= 4 is 29.3 Å². The Balaban J connectivity index is 1.32. The number of aromatic nitrogens is 4. The maximum absolute atomic E-state index is 13.6. The van der Waals surface area contributed by atoms with Crippen LogP contribution in [0.4, 0.5) is 35.3 Å². The lowest BCUT2D eigenvalue weighted by Gasteiger charge is -2.35. The average molecular weight is 486 g/mol. The lowest BCUT2D eigenvalue weighted by atomic mass is 10.2. The summed E-state index contributed by atoms with van der Waals surface area (Å²) >= 11 is 0. The Bertz CT molecular complexity index is 1260. The predicted molar refractivity (Wildman–Crippen MR) is 119 cm³/mol. The van der Waals surface area contributed by atoms with Crippen molar-refractivity contribution in [2.45, 2.75) is 38.5 Å². The van der Waals surface area contributed by atoms with Crippen molar-refractivity contribution in [3.8, 4) is 0 Å². The standard InChI is InChI=1S/C22H21F3N8O2/c1-12-9-33-18(11-31(12)22(35)30-13-5-15(23)20(25)16(24)6-13)17(8-28-33)32-10-14(7-19(32)34)29-21-26-3-2-4-27-21/h2-6,8,12,14H,7,9-11H2,1H3,(H,30,35)(H,26,27,29)/t12-,14?/m0/s1. The molecule has 0 spiro atoms. The monoisotopic (exact) mass is 486 g/mol. The minimum absolute atomic E-state index is 0.109. The summed E-state index contributed by atoms with van der Waals surface area (Å²) in [5.41, 5.74) is 1.03. The van der Waals surface area contributed by atoms with Crippen LogP contribution in [-0.4, -0.2) is 55.2 Å². The first-order valence-electron chi connectivity index (χ1n) is 10.9. The Labute approximate surface area is 197 Å². The van der Waals surface area contributed by atoms with Gasteiger partial charge in [-0.1, -0.05) is 0 Å². The molecule has 10 nitrogen and oxygen atoms in total. The van der Waals surface area contributed by atoms with E-state index < -0.39 is 23.5 Å². The van der Waals surface area contributed by atoms with Crippen LogP contribution in [0.15, 0.2) is 36.8 Å². The lowest BCUT2D eigenvalue weighted by molar-refractivity contribution is -0.117. The van der Waals surface area contributed by atoms with Crippen molar-refractivity contribution in [1.82, 2.24) is 24.6 Å². The van der Waals surface area contributed by atoms with E-state index in [-0.39, 0.29) is 36.6 Å². The van der Waals surface area contributed by atoms with Gasteiger partial charge in [-0.25, -0.2) is 27.9 Å². The predicted octanol–water partition coefficient (Wildman–Crippen LogP) is 2.74. The molecule has 3 aromatic rings. The molecule has 1 aromatic carbocycles. The highest BCUT2D eigenvalue weighted by Crippen LogP contribution is 2.31. The van der Waals surface area contributed by atoms with E-state index in [9.17, 15) is 22.8 Å². The minimum Gasteiger partial charge on any atom is -0.349 e. The Kier molecular flexibility index (Phi) is 5.75. The average Bonchev–Trinajstić information content (AvgIpc) is 3.39. The van der Waals surface area contributed by atoms with E-state index in [0.717, 1.165) is 0 Å². The van der Waals surface area contributed by atoms with Gasteiger partial charge in [0.1, 0.15) is 0 Å². The summed E-state index contributed by atoms with van der Waals surface area (Å²) in [6, 6.07) is 2.01. The second-order valence-electron chi connectivity index (χ2n) is 8.44. The molecule has 3 amide bonds. The molecule has 2 aliphatic heterocycles. The fourth-order valence-electron chi connectivity index (χ4n) is 4.30. The third-order valence-corrected chi connectivity index (χ3v) is 6.03. The summed E-state index contributed by atoms with van der Waals surface area (Å²) in [5, 5.41) is 9.94. The molecule has 2 atom stereocenters. The van der Waals surface area contributed by atoms with E-state index in [2.05, 4.69) is 25.7 Å². The number of carbonyl (C=O) groups is 2. The molecular weight excluding hydrogens is 465 g/mol. The zero-order valence-corrected chi connectivity index (χ0v) is 18.6. The molecule has 4 heterocycles. The van der Waals surface area contributed by atoms with Gasteiger partial charge in [0.15, 0.2) is 17.5 Å². The fourth-order valence-corrected chi connectivity index (χ4v) is 4.30.